The van der Waals surface area contributed by atoms with Gasteiger partial charge in [-0.05, 0) is 12.1 Å². The molecular formula is C15H21N4O3+. The van der Waals surface area contributed by atoms with Crippen LogP contribution >= 0.6 is 0 Å². The zero-order valence-electron chi connectivity index (χ0n) is 12.6. The summed E-state index contributed by atoms with van der Waals surface area (Å²) in [4.78, 5) is 37.7. The Hall–Kier alpha value is -2.41. The van der Waals surface area contributed by atoms with Gasteiger partial charge in [-0.1, -0.05) is 18.2 Å². The molecule has 118 valence electrons. The maximum Gasteiger partial charge on any atom is 0.293 e. The van der Waals surface area contributed by atoms with Gasteiger partial charge in [0.25, 0.3) is 11.8 Å². The van der Waals surface area contributed by atoms with Crippen molar-refractivity contribution >= 4 is 17.7 Å². The van der Waals surface area contributed by atoms with Gasteiger partial charge in [-0.25, -0.2) is 0 Å². The van der Waals surface area contributed by atoms with Crippen molar-refractivity contribution in [3.8, 4) is 0 Å². The van der Waals surface area contributed by atoms with Gasteiger partial charge < -0.3 is 9.80 Å². The summed E-state index contributed by atoms with van der Waals surface area (Å²) in [6.45, 7) is 4.62. The first-order valence-electron chi connectivity index (χ1n) is 7.29. The molecule has 22 heavy (non-hydrogen) atoms. The van der Waals surface area contributed by atoms with Crippen molar-refractivity contribution < 1.29 is 19.3 Å². The molecule has 0 saturated carbocycles. The Morgan fingerprint density at radius 1 is 1.09 bits per heavy atom. The zero-order chi connectivity index (χ0) is 15.9. The van der Waals surface area contributed by atoms with Gasteiger partial charge in [0.1, 0.15) is 0 Å². The molecule has 3 N–H and O–H groups in total. The molecule has 0 aliphatic carbocycles. The van der Waals surface area contributed by atoms with Gasteiger partial charge in [-0.15, -0.1) is 0 Å². The van der Waals surface area contributed by atoms with Crippen molar-refractivity contribution in [3.63, 3.8) is 0 Å². The number of rotatable bonds is 3. The molecule has 0 bridgehead atoms. The fourth-order valence-corrected chi connectivity index (χ4v) is 2.37. The fourth-order valence-electron chi connectivity index (χ4n) is 2.37. The highest BCUT2D eigenvalue weighted by atomic mass is 16.2. The molecule has 3 amide bonds. The number of hydrogen-bond donors (Lipinski definition) is 3. The molecule has 1 saturated heterocycles. The van der Waals surface area contributed by atoms with Crippen LogP contribution in [0, 0.1) is 0 Å². The molecule has 7 heteroatoms. The van der Waals surface area contributed by atoms with E-state index in [1.807, 2.05) is 6.07 Å². The topological polar surface area (TPSA) is 83.0 Å². The van der Waals surface area contributed by atoms with Gasteiger partial charge in [0.05, 0.1) is 26.2 Å². The van der Waals surface area contributed by atoms with Crippen LogP contribution in [0.4, 0.5) is 0 Å². The second kappa shape index (κ2) is 7.56. The Bertz CT molecular complexity index is 539. The van der Waals surface area contributed by atoms with E-state index in [9.17, 15) is 14.4 Å². The number of quaternary nitrogens is 1. The van der Waals surface area contributed by atoms with E-state index in [0.29, 0.717) is 18.7 Å². The first kappa shape index (κ1) is 16.0. The van der Waals surface area contributed by atoms with Crippen LogP contribution in [-0.2, 0) is 9.59 Å². The Labute approximate surface area is 129 Å². The Kier molecular flexibility index (Phi) is 5.48. The Balaban J connectivity index is 1.70. The molecule has 0 aromatic heterocycles. The minimum Gasteiger partial charge on any atom is -0.332 e. The van der Waals surface area contributed by atoms with E-state index in [-0.39, 0.29) is 24.3 Å². The summed E-state index contributed by atoms with van der Waals surface area (Å²) >= 11 is 0. The predicted octanol–water partition coefficient (Wildman–Crippen LogP) is -1.81. The highest BCUT2D eigenvalue weighted by molar-refractivity contribution is 5.95. The molecule has 0 spiro atoms. The number of nitrogens with zero attached hydrogens (tertiary/aromatic N) is 1. The number of hydrazine groups is 1. The number of hydrogen-bond acceptors (Lipinski definition) is 3. The van der Waals surface area contributed by atoms with E-state index in [1.165, 1.54) is 0 Å². The quantitative estimate of drug-likeness (QED) is 0.576. The lowest BCUT2D eigenvalue weighted by Gasteiger charge is -2.31. The van der Waals surface area contributed by atoms with Crippen LogP contribution in [0.15, 0.2) is 30.3 Å². The van der Waals surface area contributed by atoms with Crippen molar-refractivity contribution in [1.82, 2.24) is 15.8 Å². The van der Waals surface area contributed by atoms with E-state index in [2.05, 4.69) is 10.9 Å². The van der Waals surface area contributed by atoms with Crippen molar-refractivity contribution in [2.75, 3.05) is 32.7 Å². The van der Waals surface area contributed by atoms with Crippen LogP contribution in [0.3, 0.4) is 0 Å². The summed E-state index contributed by atoms with van der Waals surface area (Å²) < 4.78 is 0. The third-order valence-corrected chi connectivity index (χ3v) is 3.68. The lowest BCUT2D eigenvalue weighted by atomic mass is 10.2. The molecule has 1 aromatic rings. The second-order valence-electron chi connectivity index (χ2n) is 5.30. The molecule has 1 aliphatic rings. The smallest absolute Gasteiger partial charge is 0.293 e. The second-order valence-corrected chi connectivity index (χ2v) is 5.30. The predicted molar refractivity (Wildman–Crippen MR) is 79.9 cm³/mol. The lowest BCUT2D eigenvalue weighted by Crippen LogP contribution is -3.16. The summed E-state index contributed by atoms with van der Waals surface area (Å²) in [5.41, 5.74) is 5.31. The van der Waals surface area contributed by atoms with Gasteiger partial charge in [0.15, 0.2) is 6.54 Å². The van der Waals surface area contributed by atoms with Gasteiger partial charge in [-0.2, -0.15) is 0 Å². The number of amides is 3. The largest absolute Gasteiger partial charge is 0.332 e. The molecule has 1 aromatic carbocycles. The summed E-state index contributed by atoms with van der Waals surface area (Å²) in [7, 11) is 0. The normalized spacial score (nSPS) is 15.2. The minimum atomic E-state index is -0.342. The van der Waals surface area contributed by atoms with Crippen molar-refractivity contribution in [2.24, 2.45) is 0 Å². The molecule has 1 fully saturated rings. The highest BCUT2D eigenvalue weighted by Crippen LogP contribution is 1.96. The van der Waals surface area contributed by atoms with Crippen LogP contribution in [0.5, 0.6) is 0 Å². The molecule has 0 atom stereocenters. The van der Waals surface area contributed by atoms with E-state index in [0.717, 1.165) is 18.0 Å². The van der Waals surface area contributed by atoms with Crippen molar-refractivity contribution in [3.05, 3.63) is 35.9 Å². The third-order valence-electron chi connectivity index (χ3n) is 3.68. The lowest BCUT2D eigenvalue weighted by molar-refractivity contribution is -0.896. The van der Waals surface area contributed by atoms with E-state index >= 15 is 0 Å². The highest BCUT2D eigenvalue weighted by Gasteiger charge is 2.23. The van der Waals surface area contributed by atoms with Gasteiger partial charge in [0, 0.05) is 12.5 Å². The Morgan fingerprint density at radius 2 is 1.73 bits per heavy atom. The maximum absolute atomic E-state index is 11.8. The average molecular weight is 305 g/mol. The van der Waals surface area contributed by atoms with Crippen molar-refractivity contribution in [2.45, 2.75) is 6.92 Å². The number of benzene rings is 1. The van der Waals surface area contributed by atoms with Crippen molar-refractivity contribution in [1.29, 1.82) is 0 Å². The molecule has 7 nitrogen and oxygen atoms in total. The van der Waals surface area contributed by atoms with E-state index < -0.39 is 0 Å². The SMILES string of the molecule is CC(=O)N1CC[NH+](CC(=O)NNC(=O)c2ccccc2)CC1. The van der Waals surface area contributed by atoms with Crippen LogP contribution in [0.2, 0.25) is 0 Å². The van der Waals surface area contributed by atoms with Crippen LogP contribution in [0.1, 0.15) is 17.3 Å². The molecule has 0 radical (unpaired) electrons. The monoisotopic (exact) mass is 305 g/mol. The van der Waals surface area contributed by atoms with Crippen LogP contribution < -0.4 is 15.8 Å². The molecule has 2 rings (SSSR count). The number of nitrogens with one attached hydrogen (secondary N) is 3. The zero-order valence-corrected chi connectivity index (χ0v) is 12.6. The van der Waals surface area contributed by atoms with Gasteiger partial charge in [0.2, 0.25) is 5.91 Å². The third kappa shape index (κ3) is 4.56. The molecule has 1 heterocycles. The summed E-state index contributed by atoms with van der Waals surface area (Å²) in [6, 6.07) is 8.69. The number of carbonyl (C=O) groups excluding carboxylic acids is 3. The number of carbonyl (C=O) groups is 3. The Morgan fingerprint density at radius 3 is 2.32 bits per heavy atom. The number of piperazine rings is 1. The summed E-state index contributed by atoms with van der Waals surface area (Å²) in [5.74, 6) is -0.514. The fraction of sp³-hybridized carbons (Fsp3) is 0.400. The molecule has 0 unspecified atom stereocenters. The van der Waals surface area contributed by atoms with E-state index in [4.69, 9.17) is 0 Å². The summed E-state index contributed by atoms with van der Waals surface area (Å²) in [6.07, 6.45) is 0. The van der Waals surface area contributed by atoms with Gasteiger partial charge >= 0.3 is 0 Å². The average Bonchev–Trinajstić information content (AvgIpc) is 2.54. The first-order valence-corrected chi connectivity index (χ1v) is 7.29. The van der Waals surface area contributed by atoms with Gasteiger partial charge in [-0.3, -0.25) is 25.2 Å². The van der Waals surface area contributed by atoms with E-state index in [1.54, 1.807) is 36.1 Å². The first-order chi connectivity index (χ1) is 10.6. The maximum atomic E-state index is 11.8. The minimum absolute atomic E-state index is 0.0682. The summed E-state index contributed by atoms with van der Waals surface area (Å²) in [5, 5.41) is 0. The van der Waals surface area contributed by atoms with Crippen LogP contribution in [-0.4, -0.2) is 55.3 Å². The molecular weight excluding hydrogens is 284 g/mol. The standard InChI is InChI=1S/C15H20N4O3/c1-12(20)19-9-7-18(8-10-19)11-14(21)16-17-15(22)13-5-3-2-4-6-13/h2-6H,7-11H2,1H3,(H,16,21)(H,17,22)/p+1. The van der Waals surface area contributed by atoms with Crippen LogP contribution in [0.25, 0.3) is 0 Å². The molecule has 1 aliphatic heterocycles.